The molecule has 0 aliphatic heterocycles. The van der Waals surface area contributed by atoms with Crippen molar-refractivity contribution in [1.82, 2.24) is 10.3 Å². The number of rotatable bonds is 4. The van der Waals surface area contributed by atoms with Crippen LogP contribution in [0, 0.1) is 19.7 Å². The second-order valence-electron chi connectivity index (χ2n) is 4.90. The van der Waals surface area contributed by atoms with E-state index in [1.165, 1.54) is 0 Å². The second kappa shape index (κ2) is 6.01. The monoisotopic (exact) mass is 273 g/mol. The van der Waals surface area contributed by atoms with Gasteiger partial charge in [0.2, 0.25) is 0 Å². The molecule has 0 radical (unpaired) electrons. The number of hydrogen-bond acceptors (Lipinski definition) is 3. The van der Waals surface area contributed by atoms with Crippen molar-refractivity contribution in [2.45, 2.75) is 26.8 Å². The van der Waals surface area contributed by atoms with Crippen molar-refractivity contribution in [2.24, 2.45) is 0 Å². The molecule has 0 amide bonds. The van der Waals surface area contributed by atoms with Gasteiger partial charge in [-0.1, -0.05) is 25.1 Å². The van der Waals surface area contributed by atoms with Crippen molar-refractivity contribution in [3.63, 3.8) is 0 Å². The first-order chi connectivity index (χ1) is 9.56. The van der Waals surface area contributed by atoms with Gasteiger partial charge in [0.25, 0.3) is 0 Å². The third-order valence-electron chi connectivity index (χ3n) is 3.47. The van der Waals surface area contributed by atoms with Crippen LogP contribution in [0.25, 0.3) is 0 Å². The SMILES string of the molecule is CCNC(c1cccc(C)c1F)c1c(C)ccnc1N. The topological polar surface area (TPSA) is 50.9 Å². The number of aromatic nitrogens is 1. The number of nitrogens with zero attached hydrogens (tertiary/aromatic N) is 1. The maximum atomic E-state index is 14.4. The molecule has 2 rings (SSSR count). The van der Waals surface area contributed by atoms with E-state index < -0.39 is 0 Å². The maximum absolute atomic E-state index is 14.4. The molecule has 20 heavy (non-hydrogen) atoms. The molecule has 4 heteroatoms. The Morgan fingerprint density at radius 2 is 2.00 bits per heavy atom. The zero-order chi connectivity index (χ0) is 14.7. The highest BCUT2D eigenvalue weighted by atomic mass is 19.1. The number of anilines is 1. The fourth-order valence-corrected chi connectivity index (χ4v) is 2.43. The van der Waals surface area contributed by atoms with E-state index in [-0.39, 0.29) is 11.9 Å². The summed E-state index contributed by atoms with van der Waals surface area (Å²) < 4.78 is 14.4. The van der Waals surface area contributed by atoms with Crippen molar-refractivity contribution < 1.29 is 4.39 Å². The van der Waals surface area contributed by atoms with Gasteiger partial charge in [-0.25, -0.2) is 9.37 Å². The molecule has 0 saturated carbocycles. The van der Waals surface area contributed by atoms with Gasteiger partial charge in [0.15, 0.2) is 0 Å². The van der Waals surface area contributed by atoms with E-state index >= 15 is 0 Å². The summed E-state index contributed by atoms with van der Waals surface area (Å²) in [6, 6.07) is 7.03. The first-order valence-corrected chi connectivity index (χ1v) is 6.75. The predicted molar refractivity (Wildman–Crippen MR) is 80.0 cm³/mol. The van der Waals surface area contributed by atoms with Crippen LogP contribution in [0.4, 0.5) is 10.2 Å². The summed E-state index contributed by atoms with van der Waals surface area (Å²) in [4.78, 5) is 4.14. The van der Waals surface area contributed by atoms with Gasteiger partial charge in [-0.05, 0) is 37.6 Å². The highest BCUT2D eigenvalue weighted by Gasteiger charge is 2.22. The minimum atomic E-state index is -0.284. The zero-order valence-corrected chi connectivity index (χ0v) is 12.1. The molecular formula is C16H20FN3. The standard InChI is InChI=1S/C16H20FN3/c1-4-19-15(12-7-5-6-11(3)14(12)17)13-10(2)8-9-20-16(13)18/h5-9,15,19H,4H2,1-3H3,(H2,18,20). The van der Waals surface area contributed by atoms with E-state index in [1.54, 1.807) is 25.3 Å². The Bertz CT molecular complexity index is 590. The number of hydrogen-bond donors (Lipinski definition) is 2. The Labute approximate surface area is 119 Å². The Balaban J connectivity index is 2.60. The summed E-state index contributed by atoms with van der Waals surface area (Å²) in [6.45, 7) is 6.43. The number of nitrogen functional groups attached to an aromatic ring is 1. The van der Waals surface area contributed by atoms with Crippen LogP contribution in [-0.2, 0) is 0 Å². The molecule has 3 nitrogen and oxygen atoms in total. The van der Waals surface area contributed by atoms with Gasteiger partial charge in [-0.3, -0.25) is 0 Å². The van der Waals surface area contributed by atoms with Crippen molar-refractivity contribution in [1.29, 1.82) is 0 Å². The number of aryl methyl sites for hydroxylation is 2. The third-order valence-corrected chi connectivity index (χ3v) is 3.47. The summed E-state index contributed by atoms with van der Waals surface area (Å²) in [7, 11) is 0. The van der Waals surface area contributed by atoms with Crippen LogP contribution in [0.1, 0.15) is 35.2 Å². The number of pyridine rings is 1. The maximum Gasteiger partial charge on any atom is 0.131 e. The van der Waals surface area contributed by atoms with E-state index in [1.807, 2.05) is 26.0 Å². The molecule has 1 aromatic carbocycles. The lowest BCUT2D eigenvalue weighted by Gasteiger charge is -2.23. The van der Waals surface area contributed by atoms with Gasteiger partial charge in [0, 0.05) is 17.3 Å². The normalized spacial score (nSPS) is 12.4. The van der Waals surface area contributed by atoms with Crippen LogP contribution in [-0.4, -0.2) is 11.5 Å². The molecule has 1 heterocycles. The molecule has 0 aliphatic carbocycles. The van der Waals surface area contributed by atoms with Crippen molar-refractivity contribution in [3.8, 4) is 0 Å². The minimum Gasteiger partial charge on any atom is -0.383 e. The minimum absolute atomic E-state index is 0.193. The average Bonchev–Trinajstić information content (AvgIpc) is 2.41. The van der Waals surface area contributed by atoms with Crippen molar-refractivity contribution >= 4 is 5.82 Å². The Morgan fingerprint density at radius 1 is 1.25 bits per heavy atom. The van der Waals surface area contributed by atoms with Gasteiger partial charge in [-0.15, -0.1) is 0 Å². The molecule has 1 unspecified atom stereocenters. The fourth-order valence-electron chi connectivity index (χ4n) is 2.43. The van der Waals surface area contributed by atoms with Crippen molar-refractivity contribution in [2.75, 3.05) is 12.3 Å². The van der Waals surface area contributed by atoms with Crippen LogP contribution in [0.2, 0.25) is 0 Å². The van der Waals surface area contributed by atoms with Crippen LogP contribution in [0.3, 0.4) is 0 Å². The van der Waals surface area contributed by atoms with Crippen LogP contribution in [0.15, 0.2) is 30.5 Å². The lowest BCUT2D eigenvalue weighted by molar-refractivity contribution is 0.552. The predicted octanol–water partition coefficient (Wildman–Crippen LogP) is 3.12. The average molecular weight is 273 g/mol. The Hall–Kier alpha value is -1.94. The summed E-state index contributed by atoms with van der Waals surface area (Å²) in [5, 5.41) is 3.30. The molecule has 0 bridgehead atoms. The number of benzene rings is 1. The Morgan fingerprint density at radius 3 is 2.65 bits per heavy atom. The number of nitrogens with one attached hydrogen (secondary N) is 1. The van der Waals surface area contributed by atoms with E-state index in [0.29, 0.717) is 23.5 Å². The molecule has 0 fully saturated rings. The van der Waals surface area contributed by atoms with Gasteiger partial charge in [-0.2, -0.15) is 0 Å². The van der Waals surface area contributed by atoms with Gasteiger partial charge >= 0.3 is 0 Å². The largest absolute Gasteiger partial charge is 0.383 e. The first kappa shape index (κ1) is 14.5. The Kier molecular flexibility index (Phi) is 4.35. The number of nitrogens with two attached hydrogens (primary N) is 1. The molecule has 0 saturated heterocycles. The molecule has 2 aromatic rings. The smallest absolute Gasteiger partial charge is 0.131 e. The molecule has 0 aliphatic rings. The van der Waals surface area contributed by atoms with E-state index in [2.05, 4.69) is 10.3 Å². The van der Waals surface area contributed by atoms with Crippen LogP contribution >= 0.6 is 0 Å². The van der Waals surface area contributed by atoms with Crippen LogP contribution < -0.4 is 11.1 Å². The molecular weight excluding hydrogens is 253 g/mol. The van der Waals surface area contributed by atoms with Gasteiger partial charge < -0.3 is 11.1 Å². The second-order valence-corrected chi connectivity index (χ2v) is 4.90. The summed E-state index contributed by atoms with van der Waals surface area (Å²) >= 11 is 0. The van der Waals surface area contributed by atoms with Crippen molar-refractivity contribution in [3.05, 3.63) is 58.5 Å². The van der Waals surface area contributed by atoms with E-state index in [4.69, 9.17) is 5.73 Å². The van der Waals surface area contributed by atoms with E-state index in [9.17, 15) is 4.39 Å². The van der Waals surface area contributed by atoms with Gasteiger partial charge in [0.05, 0.1) is 6.04 Å². The highest BCUT2D eigenvalue weighted by Crippen LogP contribution is 2.30. The molecule has 106 valence electrons. The lowest BCUT2D eigenvalue weighted by Crippen LogP contribution is -2.25. The quantitative estimate of drug-likeness (QED) is 0.900. The van der Waals surface area contributed by atoms with Gasteiger partial charge in [0.1, 0.15) is 11.6 Å². The zero-order valence-electron chi connectivity index (χ0n) is 12.1. The van der Waals surface area contributed by atoms with Crippen LogP contribution in [0.5, 0.6) is 0 Å². The lowest BCUT2D eigenvalue weighted by atomic mass is 9.94. The highest BCUT2D eigenvalue weighted by molar-refractivity contribution is 5.50. The molecule has 1 aromatic heterocycles. The summed E-state index contributed by atoms with van der Waals surface area (Å²) in [6.07, 6.45) is 1.67. The summed E-state index contributed by atoms with van der Waals surface area (Å²) in [5.41, 5.74) is 9.09. The molecule has 1 atom stereocenters. The summed E-state index contributed by atoms with van der Waals surface area (Å²) in [5.74, 6) is 0.248. The third kappa shape index (κ3) is 2.65. The fraction of sp³-hybridized carbons (Fsp3) is 0.312. The molecule has 0 spiro atoms. The number of halogens is 1. The molecule has 3 N–H and O–H groups in total. The first-order valence-electron chi connectivity index (χ1n) is 6.75. The van der Waals surface area contributed by atoms with E-state index in [0.717, 1.165) is 11.1 Å².